The normalized spacial score (nSPS) is 33.2. The summed E-state index contributed by atoms with van der Waals surface area (Å²) in [5, 5.41) is 3.71. The smallest absolute Gasteiger partial charge is 0.0315 e. The van der Waals surface area contributed by atoms with Crippen LogP contribution in [0.4, 0.5) is 0 Å². The van der Waals surface area contributed by atoms with E-state index in [1.165, 1.54) is 18.4 Å². The molecule has 1 aromatic heterocycles. The van der Waals surface area contributed by atoms with Crippen molar-refractivity contribution in [2.45, 2.75) is 31.8 Å². The summed E-state index contributed by atoms with van der Waals surface area (Å²) in [6.07, 6.45) is 11.1. The van der Waals surface area contributed by atoms with Crippen LogP contribution in [-0.4, -0.2) is 11.0 Å². The Morgan fingerprint density at radius 2 is 2.44 bits per heavy atom. The van der Waals surface area contributed by atoms with E-state index in [0.29, 0.717) is 12.1 Å². The number of nitrogens with zero attached hydrogens (tertiary/aromatic N) is 1. The number of pyridine rings is 1. The Balaban J connectivity index is 1.61. The van der Waals surface area contributed by atoms with Gasteiger partial charge in [-0.05, 0) is 43.2 Å². The average Bonchev–Trinajstić information content (AvgIpc) is 2.68. The first-order chi connectivity index (χ1) is 7.84. The lowest BCUT2D eigenvalue weighted by Crippen LogP contribution is -2.48. The maximum atomic E-state index is 4.17. The van der Waals surface area contributed by atoms with Crippen LogP contribution >= 0.6 is 0 Å². The van der Waals surface area contributed by atoms with E-state index in [-0.39, 0.29) is 0 Å². The summed E-state index contributed by atoms with van der Waals surface area (Å²) < 4.78 is 0. The summed E-state index contributed by atoms with van der Waals surface area (Å²) in [5.74, 6) is 1.72. The van der Waals surface area contributed by atoms with Gasteiger partial charge in [-0.2, -0.15) is 0 Å². The van der Waals surface area contributed by atoms with Crippen LogP contribution in [0.25, 0.3) is 0 Å². The van der Waals surface area contributed by atoms with Gasteiger partial charge < -0.3 is 5.32 Å². The van der Waals surface area contributed by atoms with E-state index in [0.717, 1.165) is 11.8 Å². The zero-order valence-electron chi connectivity index (χ0n) is 9.63. The van der Waals surface area contributed by atoms with E-state index in [2.05, 4.69) is 35.4 Å². The van der Waals surface area contributed by atoms with Crippen LogP contribution in [0, 0.1) is 11.8 Å². The molecule has 2 aliphatic carbocycles. The summed E-state index contributed by atoms with van der Waals surface area (Å²) in [7, 11) is 0. The second-order valence-corrected chi connectivity index (χ2v) is 5.02. The van der Waals surface area contributed by atoms with E-state index in [9.17, 15) is 0 Å². The lowest BCUT2D eigenvalue weighted by molar-refractivity contribution is 0.152. The van der Waals surface area contributed by atoms with Crippen molar-refractivity contribution in [2.75, 3.05) is 0 Å². The number of nitrogens with one attached hydrogen (secondary N) is 1. The standard InChI is InChI=1S/C14H18N2/c1-10(12-5-3-7-15-9-12)16-14-8-11-4-2-6-13(11)14/h2-3,5-7,9-11,13-14,16H,4,8H2,1H3. The van der Waals surface area contributed by atoms with Crippen molar-refractivity contribution in [3.8, 4) is 0 Å². The molecule has 2 aliphatic rings. The highest BCUT2D eigenvalue weighted by Gasteiger charge is 2.41. The third-order valence-corrected chi connectivity index (χ3v) is 4.01. The Kier molecular flexibility index (Phi) is 2.52. The first kappa shape index (κ1) is 10.0. The van der Waals surface area contributed by atoms with E-state index in [4.69, 9.17) is 0 Å². The first-order valence-electron chi connectivity index (χ1n) is 6.17. The van der Waals surface area contributed by atoms with E-state index < -0.39 is 0 Å². The molecule has 1 heterocycles. The molecule has 84 valence electrons. The average molecular weight is 214 g/mol. The lowest BCUT2D eigenvalue weighted by Gasteiger charge is -2.42. The fourth-order valence-electron chi connectivity index (χ4n) is 2.96. The minimum absolute atomic E-state index is 0.411. The highest BCUT2D eigenvalue weighted by Crippen LogP contribution is 2.43. The summed E-state index contributed by atoms with van der Waals surface area (Å²) in [6, 6.07) is 5.24. The number of hydrogen-bond acceptors (Lipinski definition) is 2. The molecule has 0 bridgehead atoms. The van der Waals surface area contributed by atoms with Gasteiger partial charge in [-0.25, -0.2) is 0 Å². The Labute approximate surface area is 96.8 Å². The quantitative estimate of drug-likeness (QED) is 0.782. The summed E-state index contributed by atoms with van der Waals surface area (Å²) in [6.45, 7) is 2.23. The van der Waals surface area contributed by atoms with Crippen molar-refractivity contribution in [3.63, 3.8) is 0 Å². The fraction of sp³-hybridized carbons (Fsp3) is 0.500. The molecule has 0 aliphatic heterocycles. The van der Waals surface area contributed by atoms with Gasteiger partial charge in [0.25, 0.3) is 0 Å². The number of aromatic nitrogens is 1. The molecule has 4 atom stereocenters. The van der Waals surface area contributed by atoms with Gasteiger partial charge in [-0.3, -0.25) is 4.98 Å². The van der Waals surface area contributed by atoms with Gasteiger partial charge in [0.15, 0.2) is 0 Å². The Morgan fingerprint density at radius 3 is 3.19 bits per heavy atom. The van der Waals surface area contributed by atoms with Crippen molar-refractivity contribution in [1.29, 1.82) is 0 Å². The van der Waals surface area contributed by atoms with Crippen LogP contribution in [0.3, 0.4) is 0 Å². The monoisotopic (exact) mass is 214 g/mol. The molecule has 0 amide bonds. The molecule has 16 heavy (non-hydrogen) atoms. The van der Waals surface area contributed by atoms with Crippen molar-refractivity contribution in [2.24, 2.45) is 11.8 Å². The van der Waals surface area contributed by atoms with Crippen LogP contribution in [-0.2, 0) is 0 Å². The van der Waals surface area contributed by atoms with Crippen LogP contribution in [0.2, 0.25) is 0 Å². The van der Waals surface area contributed by atoms with Crippen molar-refractivity contribution < 1.29 is 0 Å². The largest absolute Gasteiger partial charge is 0.307 e. The molecular formula is C14H18N2. The van der Waals surface area contributed by atoms with Gasteiger partial charge >= 0.3 is 0 Å². The van der Waals surface area contributed by atoms with Crippen LogP contribution in [0.1, 0.15) is 31.4 Å². The molecule has 4 unspecified atom stereocenters. The Morgan fingerprint density at radius 1 is 1.50 bits per heavy atom. The zero-order chi connectivity index (χ0) is 11.0. The predicted octanol–water partition coefficient (Wildman–Crippen LogP) is 2.70. The van der Waals surface area contributed by atoms with Gasteiger partial charge in [0.1, 0.15) is 0 Å². The minimum Gasteiger partial charge on any atom is -0.307 e. The van der Waals surface area contributed by atoms with Crippen LogP contribution in [0.15, 0.2) is 36.7 Å². The minimum atomic E-state index is 0.411. The van der Waals surface area contributed by atoms with E-state index in [1.54, 1.807) is 0 Å². The number of fused-ring (bicyclic) bond motifs is 1. The molecule has 1 aromatic rings. The molecule has 2 heteroatoms. The van der Waals surface area contributed by atoms with Gasteiger partial charge in [-0.1, -0.05) is 18.2 Å². The molecule has 0 saturated heterocycles. The maximum Gasteiger partial charge on any atom is 0.0315 e. The molecule has 1 saturated carbocycles. The lowest BCUT2D eigenvalue weighted by atomic mass is 9.71. The van der Waals surface area contributed by atoms with Crippen LogP contribution < -0.4 is 5.32 Å². The van der Waals surface area contributed by atoms with Gasteiger partial charge in [0.2, 0.25) is 0 Å². The molecule has 1 fully saturated rings. The topological polar surface area (TPSA) is 24.9 Å². The van der Waals surface area contributed by atoms with Crippen molar-refractivity contribution >= 4 is 0 Å². The third kappa shape index (κ3) is 1.67. The number of allylic oxidation sites excluding steroid dienone is 1. The molecule has 0 aromatic carbocycles. The summed E-state index contributed by atoms with van der Waals surface area (Å²) in [5.41, 5.74) is 1.29. The van der Waals surface area contributed by atoms with E-state index >= 15 is 0 Å². The summed E-state index contributed by atoms with van der Waals surface area (Å²) >= 11 is 0. The van der Waals surface area contributed by atoms with Gasteiger partial charge in [0, 0.05) is 24.5 Å². The second kappa shape index (κ2) is 4.02. The van der Waals surface area contributed by atoms with Crippen LogP contribution in [0.5, 0.6) is 0 Å². The highest BCUT2D eigenvalue weighted by atomic mass is 15.0. The number of hydrogen-bond donors (Lipinski definition) is 1. The third-order valence-electron chi connectivity index (χ3n) is 4.01. The Hall–Kier alpha value is -1.15. The molecule has 0 spiro atoms. The first-order valence-corrected chi connectivity index (χ1v) is 6.17. The maximum absolute atomic E-state index is 4.17. The molecule has 1 N–H and O–H groups in total. The zero-order valence-corrected chi connectivity index (χ0v) is 9.63. The molecular weight excluding hydrogens is 196 g/mol. The summed E-state index contributed by atoms with van der Waals surface area (Å²) in [4.78, 5) is 4.17. The molecule has 2 nitrogen and oxygen atoms in total. The Bertz CT molecular complexity index is 385. The van der Waals surface area contributed by atoms with Gasteiger partial charge in [0.05, 0.1) is 0 Å². The predicted molar refractivity (Wildman–Crippen MR) is 64.9 cm³/mol. The molecule has 0 radical (unpaired) electrons. The van der Waals surface area contributed by atoms with E-state index in [1.807, 2.05) is 18.5 Å². The SMILES string of the molecule is CC(NC1CC2CC=CC21)c1cccnc1. The molecule has 3 rings (SSSR count). The van der Waals surface area contributed by atoms with Crippen molar-refractivity contribution in [1.82, 2.24) is 10.3 Å². The second-order valence-electron chi connectivity index (χ2n) is 5.02. The van der Waals surface area contributed by atoms with Crippen molar-refractivity contribution in [3.05, 3.63) is 42.2 Å². The van der Waals surface area contributed by atoms with Gasteiger partial charge in [-0.15, -0.1) is 0 Å². The fourth-order valence-corrected chi connectivity index (χ4v) is 2.96. The number of rotatable bonds is 3. The highest BCUT2D eigenvalue weighted by molar-refractivity contribution is 5.17.